The van der Waals surface area contributed by atoms with Crippen molar-refractivity contribution in [3.05, 3.63) is 45.9 Å². The van der Waals surface area contributed by atoms with E-state index >= 15 is 0 Å². The van der Waals surface area contributed by atoms with Crippen LogP contribution in [0.15, 0.2) is 29.6 Å². The van der Waals surface area contributed by atoms with E-state index in [0.29, 0.717) is 24.6 Å². The van der Waals surface area contributed by atoms with Crippen LogP contribution in [0.2, 0.25) is 0 Å². The van der Waals surface area contributed by atoms with Gasteiger partial charge in [-0.25, -0.2) is 9.78 Å². The molecule has 2 rings (SSSR count). The molecule has 0 radical (unpaired) electrons. The van der Waals surface area contributed by atoms with Gasteiger partial charge in [-0.1, -0.05) is 12.1 Å². The number of methoxy groups -OCH3 is 1. The van der Waals surface area contributed by atoms with E-state index in [1.807, 2.05) is 6.07 Å². The van der Waals surface area contributed by atoms with Gasteiger partial charge >= 0.3 is 5.97 Å². The number of aliphatic carboxylic acids is 1. The van der Waals surface area contributed by atoms with Gasteiger partial charge in [-0.05, 0) is 17.7 Å². The van der Waals surface area contributed by atoms with Crippen LogP contribution in [0.4, 0.5) is 0 Å². The fraction of sp³-hybridized carbons (Fsp3) is 0.267. The zero-order valence-corrected chi connectivity index (χ0v) is 13.3. The quantitative estimate of drug-likeness (QED) is 0.761. The van der Waals surface area contributed by atoms with Gasteiger partial charge in [0.2, 0.25) is 0 Å². The summed E-state index contributed by atoms with van der Waals surface area (Å²) in [5, 5.41) is 13.8. The first kappa shape index (κ1) is 16.9. The summed E-state index contributed by atoms with van der Waals surface area (Å²) in [6.45, 7) is 0.262. The molecular formula is C15H16N2O5S. The Labute approximate surface area is 136 Å². The number of ether oxygens (including phenoxy) is 2. The van der Waals surface area contributed by atoms with Gasteiger partial charge in [-0.15, -0.1) is 11.3 Å². The van der Waals surface area contributed by atoms with E-state index in [4.69, 9.17) is 14.6 Å². The zero-order chi connectivity index (χ0) is 16.7. The third-order valence-corrected chi connectivity index (χ3v) is 3.59. The lowest BCUT2D eigenvalue weighted by molar-refractivity contribution is -0.139. The molecule has 1 amide bonds. The summed E-state index contributed by atoms with van der Waals surface area (Å²) in [5.74, 6) is -0.880. The van der Waals surface area contributed by atoms with Gasteiger partial charge in [0.05, 0.1) is 6.61 Å². The molecule has 0 aliphatic rings. The lowest BCUT2D eigenvalue weighted by Gasteiger charge is -2.07. The first-order valence-electron chi connectivity index (χ1n) is 6.73. The number of carbonyl (C=O) groups excluding carboxylic acids is 1. The molecule has 1 heterocycles. The van der Waals surface area contributed by atoms with Gasteiger partial charge < -0.3 is 19.9 Å². The van der Waals surface area contributed by atoms with Crippen molar-refractivity contribution in [1.29, 1.82) is 0 Å². The fourth-order valence-corrected chi connectivity index (χ4v) is 2.51. The highest BCUT2D eigenvalue weighted by Crippen LogP contribution is 2.14. The van der Waals surface area contributed by atoms with Crippen molar-refractivity contribution < 1.29 is 24.2 Å². The highest BCUT2D eigenvalue weighted by atomic mass is 32.1. The summed E-state index contributed by atoms with van der Waals surface area (Å²) in [4.78, 5) is 26.7. The summed E-state index contributed by atoms with van der Waals surface area (Å²) < 4.78 is 10.1. The summed E-state index contributed by atoms with van der Waals surface area (Å²) in [5.41, 5.74) is 1.15. The van der Waals surface area contributed by atoms with Crippen LogP contribution >= 0.6 is 11.3 Å². The van der Waals surface area contributed by atoms with Crippen LogP contribution in [0.1, 0.15) is 21.1 Å². The molecule has 1 aromatic heterocycles. The highest BCUT2D eigenvalue weighted by molar-refractivity contribution is 7.09. The number of carbonyl (C=O) groups is 2. The average molecular weight is 336 g/mol. The van der Waals surface area contributed by atoms with Crippen molar-refractivity contribution >= 4 is 23.2 Å². The minimum Gasteiger partial charge on any atom is -0.482 e. The maximum Gasteiger partial charge on any atom is 0.341 e. The molecule has 2 N–H and O–H groups in total. The zero-order valence-electron chi connectivity index (χ0n) is 12.4. The molecule has 0 spiro atoms. The second-order valence-electron chi connectivity index (χ2n) is 4.57. The molecule has 0 unspecified atom stereocenters. The summed E-state index contributed by atoms with van der Waals surface area (Å²) in [6, 6.07) is 6.88. The van der Waals surface area contributed by atoms with E-state index in [9.17, 15) is 9.59 Å². The number of carboxylic acid groups (broad SMARTS) is 1. The van der Waals surface area contributed by atoms with Gasteiger partial charge in [-0.2, -0.15) is 0 Å². The number of thiazole rings is 1. The van der Waals surface area contributed by atoms with Crippen molar-refractivity contribution in [2.45, 2.75) is 13.2 Å². The molecule has 2 aromatic rings. The highest BCUT2D eigenvalue weighted by Gasteiger charge is 2.10. The maximum absolute atomic E-state index is 12.0. The van der Waals surface area contributed by atoms with E-state index in [0.717, 1.165) is 10.6 Å². The lowest BCUT2D eigenvalue weighted by atomic mass is 10.2. The number of rotatable bonds is 8. The smallest absolute Gasteiger partial charge is 0.341 e. The Morgan fingerprint density at radius 1 is 1.39 bits per heavy atom. The Kier molecular flexibility index (Phi) is 6.07. The Hall–Kier alpha value is -2.45. The predicted molar refractivity (Wildman–Crippen MR) is 83.6 cm³/mol. The van der Waals surface area contributed by atoms with Crippen molar-refractivity contribution in [2.75, 3.05) is 13.7 Å². The summed E-state index contributed by atoms with van der Waals surface area (Å²) in [7, 11) is 1.57. The Morgan fingerprint density at radius 2 is 2.22 bits per heavy atom. The van der Waals surface area contributed by atoms with Crippen molar-refractivity contribution in [3.8, 4) is 5.75 Å². The van der Waals surface area contributed by atoms with Crippen LogP contribution in [0, 0.1) is 0 Å². The molecule has 7 nitrogen and oxygen atoms in total. The Balaban J connectivity index is 1.90. The molecule has 0 saturated heterocycles. The molecule has 23 heavy (non-hydrogen) atoms. The van der Waals surface area contributed by atoms with E-state index in [-0.39, 0.29) is 5.91 Å². The Morgan fingerprint density at radius 3 is 2.96 bits per heavy atom. The number of amides is 1. The Bertz CT molecular complexity index is 686. The molecule has 122 valence electrons. The summed E-state index contributed by atoms with van der Waals surface area (Å²) in [6.07, 6.45) is 0. The SMILES string of the molecule is COCc1nc(C(=O)NCc2cccc(OCC(=O)O)c2)cs1. The van der Waals surface area contributed by atoms with Crippen molar-refractivity contribution in [2.24, 2.45) is 0 Å². The van der Waals surface area contributed by atoms with Gasteiger partial charge in [0, 0.05) is 19.0 Å². The standard InChI is InChI=1S/C15H16N2O5S/c1-21-7-13-17-12(9-23-13)15(20)16-6-10-3-2-4-11(5-10)22-8-14(18)19/h2-5,9H,6-8H2,1H3,(H,16,20)(H,18,19). The molecule has 0 fully saturated rings. The fourth-order valence-electron chi connectivity index (χ4n) is 1.77. The average Bonchev–Trinajstić information content (AvgIpc) is 3.00. The van der Waals surface area contributed by atoms with E-state index < -0.39 is 12.6 Å². The van der Waals surface area contributed by atoms with Crippen LogP contribution in [-0.2, 0) is 22.7 Å². The van der Waals surface area contributed by atoms with Crippen LogP contribution in [0.3, 0.4) is 0 Å². The van der Waals surface area contributed by atoms with Crippen LogP contribution in [0.5, 0.6) is 5.75 Å². The predicted octanol–water partition coefficient (Wildman–Crippen LogP) is 1.68. The number of hydrogen-bond acceptors (Lipinski definition) is 6. The van der Waals surface area contributed by atoms with Crippen molar-refractivity contribution in [1.82, 2.24) is 10.3 Å². The first-order chi connectivity index (χ1) is 11.1. The second kappa shape index (κ2) is 8.25. The molecule has 0 bridgehead atoms. The number of benzene rings is 1. The third-order valence-electron chi connectivity index (χ3n) is 2.77. The van der Waals surface area contributed by atoms with Crippen LogP contribution in [-0.4, -0.2) is 35.7 Å². The summed E-state index contributed by atoms with van der Waals surface area (Å²) >= 11 is 1.36. The molecular weight excluding hydrogens is 320 g/mol. The lowest BCUT2D eigenvalue weighted by Crippen LogP contribution is -2.23. The first-order valence-corrected chi connectivity index (χ1v) is 7.61. The molecule has 0 aliphatic carbocycles. The third kappa shape index (κ3) is 5.35. The molecule has 0 aliphatic heterocycles. The van der Waals surface area contributed by atoms with E-state index in [1.165, 1.54) is 11.3 Å². The van der Waals surface area contributed by atoms with E-state index in [1.54, 1.807) is 30.7 Å². The number of hydrogen-bond donors (Lipinski definition) is 2. The van der Waals surface area contributed by atoms with Gasteiger partial charge in [0.15, 0.2) is 6.61 Å². The normalized spacial score (nSPS) is 10.3. The second-order valence-corrected chi connectivity index (χ2v) is 5.51. The van der Waals surface area contributed by atoms with Gasteiger partial charge in [0.25, 0.3) is 5.91 Å². The largest absolute Gasteiger partial charge is 0.482 e. The molecule has 8 heteroatoms. The van der Waals surface area contributed by atoms with E-state index in [2.05, 4.69) is 10.3 Å². The van der Waals surface area contributed by atoms with Gasteiger partial charge in [0.1, 0.15) is 16.5 Å². The van der Waals surface area contributed by atoms with Crippen LogP contribution < -0.4 is 10.1 Å². The van der Waals surface area contributed by atoms with Crippen molar-refractivity contribution in [3.63, 3.8) is 0 Å². The van der Waals surface area contributed by atoms with Crippen LogP contribution in [0.25, 0.3) is 0 Å². The number of nitrogens with zero attached hydrogens (tertiary/aromatic N) is 1. The monoisotopic (exact) mass is 336 g/mol. The molecule has 0 saturated carbocycles. The minimum absolute atomic E-state index is 0.277. The minimum atomic E-state index is -1.04. The number of nitrogens with one attached hydrogen (secondary N) is 1. The number of aromatic nitrogens is 1. The molecule has 0 atom stereocenters. The maximum atomic E-state index is 12.0. The van der Waals surface area contributed by atoms with Gasteiger partial charge in [-0.3, -0.25) is 4.79 Å². The topological polar surface area (TPSA) is 97.8 Å². The number of carboxylic acids is 1. The molecule has 1 aromatic carbocycles.